The quantitative estimate of drug-likeness (QED) is 0.724. The molecule has 3 nitrogen and oxygen atoms in total. The summed E-state index contributed by atoms with van der Waals surface area (Å²) in [4.78, 5) is 11.7. The molecular formula is C11H13NO2. The number of fused-ring (bicyclic) bond motifs is 1. The second-order valence-corrected chi connectivity index (χ2v) is 3.53. The van der Waals surface area contributed by atoms with E-state index >= 15 is 0 Å². The normalized spacial score (nSPS) is 20.4. The van der Waals surface area contributed by atoms with Crippen LogP contribution in [0.1, 0.15) is 22.3 Å². The number of Topliss-reactive ketones (excluding diaryl/α,β-unsaturated/α-hetero) is 1. The highest BCUT2D eigenvalue weighted by Gasteiger charge is 2.24. The second kappa shape index (κ2) is 3.42. The molecule has 0 saturated carbocycles. The molecule has 2 N–H and O–H groups in total. The van der Waals surface area contributed by atoms with Gasteiger partial charge in [-0.1, -0.05) is 0 Å². The summed E-state index contributed by atoms with van der Waals surface area (Å²) in [6.07, 6.45) is 1.60. The Balaban J connectivity index is 2.44. The van der Waals surface area contributed by atoms with Gasteiger partial charge < -0.3 is 10.5 Å². The maximum atomic E-state index is 11.7. The van der Waals surface area contributed by atoms with E-state index in [9.17, 15) is 4.79 Å². The molecular weight excluding hydrogens is 178 g/mol. The molecule has 1 aromatic rings. The predicted molar refractivity (Wildman–Crippen MR) is 53.6 cm³/mol. The number of aryl methyl sites for hydroxylation is 1. The van der Waals surface area contributed by atoms with Gasteiger partial charge in [-0.2, -0.15) is 0 Å². The van der Waals surface area contributed by atoms with Crippen LogP contribution in [0.2, 0.25) is 0 Å². The molecule has 14 heavy (non-hydrogen) atoms. The zero-order valence-corrected chi connectivity index (χ0v) is 8.12. The smallest absolute Gasteiger partial charge is 0.179 e. The van der Waals surface area contributed by atoms with E-state index in [2.05, 4.69) is 0 Å². The van der Waals surface area contributed by atoms with Crippen LogP contribution in [0, 0.1) is 0 Å². The summed E-state index contributed by atoms with van der Waals surface area (Å²) in [7, 11) is 1.62. The van der Waals surface area contributed by atoms with Crippen LogP contribution in [0.15, 0.2) is 18.2 Å². The number of rotatable bonds is 1. The number of carbonyl (C=O) groups is 1. The Bertz CT molecular complexity index is 374. The van der Waals surface area contributed by atoms with Gasteiger partial charge in [0.1, 0.15) is 5.75 Å². The third kappa shape index (κ3) is 1.40. The summed E-state index contributed by atoms with van der Waals surface area (Å²) in [5.41, 5.74) is 7.49. The lowest BCUT2D eigenvalue weighted by Gasteiger charge is -2.20. The Morgan fingerprint density at radius 3 is 3.00 bits per heavy atom. The molecule has 0 spiro atoms. The molecule has 1 aliphatic rings. The van der Waals surface area contributed by atoms with Gasteiger partial charge in [-0.25, -0.2) is 0 Å². The number of nitrogens with two attached hydrogens (primary N) is 1. The number of ether oxygens (including phenoxy) is 1. The highest BCUT2D eigenvalue weighted by molar-refractivity contribution is 6.02. The van der Waals surface area contributed by atoms with Crippen LogP contribution < -0.4 is 10.5 Å². The van der Waals surface area contributed by atoms with Crippen molar-refractivity contribution >= 4 is 5.78 Å². The molecule has 0 saturated heterocycles. The van der Waals surface area contributed by atoms with Gasteiger partial charge in [-0.05, 0) is 36.6 Å². The molecule has 74 valence electrons. The molecule has 0 unspecified atom stereocenters. The average molecular weight is 191 g/mol. The van der Waals surface area contributed by atoms with Gasteiger partial charge in [-0.3, -0.25) is 4.79 Å². The van der Waals surface area contributed by atoms with Crippen LogP contribution in [-0.4, -0.2) is 18.9 Å². The fourth-order valence-electron chi connectivity index (χ4n) is 1.79. The minimum absolute atomic E-state index is 0.0499. The first-order valence-electron chi connectivity index (χ1n) is 4.69. The van der Waals surface area contributed by atoms with Crippen molar-refractivity contribution in [2.24, 2.45) is 5.73 Å². The zero-order valence-electron chi connectivity index (χ0n) is 8.12. The van der Waals surface area contributed by atoms with Gasteiger partial charge in [-0.15, -0.1) is 0 Å². The lowest BCUT2D eigenvalue weighted by molar-refractivity contribution is 0.0948. The van der Waals surface area contributed by atoms with Crippen LogP contribution in [0.3, 0.4) is 0 Å². The Labute approximate surface area is 82.9 Å². The van der Waals surface area contributed by atoms with Crippen molar-refractivity contribution < 1.29 is 9.53 Å². The molecule has 2 rings (SSSR count). The average Bonchev–Trinajstić information content (AvgIpc) is 2.23. The van der Waals surface area contributed by atoms with E-state index in [0.717, 1.165) is 29.7 Å². The van der Waals surface area contributed by atoms with E-state index in [-0.39, 0.29) is 11.8 Å². The second-order valence-electron chi connectivity index (χ2n) is 3.53. The van der Waals surface area contributed by atoms with Gasteiger partial charge in [0.15, 0.2) is 5.78 Å². The monoisotopic (exact) mass is 191 g/mol. The van der Waals surface area contributed by atoms with Crippen LogP contribution in [0.5, 0.6) is 5.75 Å². The van der Waals surface area contributed by atoms with E-state index in [4.69, 9.17) is 10.5 Å². The first-order chi connectivity index (χ1) is 6.72. The molecule has 0 fully saturated rings. The van der Waals surface area contributed by atoms with Crippen molar-refractivity contribution in [2.75, 3.05) is 7.11 Å². The molecule has 1 atom stereocenters. The van der Waals surface area contributed by atoms with Crippen LogP contribution in [-0.2, 0) is 6.42 Å². The highest BCUT2D eigenvalue weighted by Crippen LogP contribution is 2.24. The molecule has 0 heterocycles. The minimum Gasteiger partial charge on any atom is -0.497 e. The zero-order chi connectivity index (χ0) is 10.1. The first-order valence-corrected chi connectivity index (χ1v) is 4.69. The Hall–Kier alpha value is -1.35. The van der Waals surface area contributed by atoms with E-state index in [1.807, 2.05) is 6.07 Å². The third-order valence-corrected chi connectivity index (χ3v) is 2.64. The summed E-state index contributed by atoms with van der Waals surface area (Å²) < 4.78 is 5.10. The first kappa shape index (κ1) is 9.21. The number of hydrogen-bond acceptors (Lipinski definition) is 3. The fourth-order valence-corrected chi connectivity index (χ4v) is 1.79. The van der Waals surface area contributed by atoms with Crippen LogP contribution in [0.25, 0.3) is 0 Å². The van der Waals surface area contributed by atoms with E-state index < -0.39 is 0 Å². The Kier molecular flexibility index (Phi) is 2.25. The van der Waals surface area contributed by atoms with Crippen molar-refractivity contribution in [2.45, 2.75) is 18.9 Å². The number of ketones is 1. The third-order valence-electron chi connectivity index (χ3n) is 2.64. The highest BCUT2D eigenvalue weighted by atomic mass is 16.5. The largest absolute Gasteiger partial charge is 0.497 e. The SMILES string of the molecule is COc1ccc2c(c1)CC[C@H](N)C2=O. The Morgan fingerprint density at radius 1 is 1.50 bits per heavy atom. The molecule has 0 aromatic heterocycles. The maximum absolute atomic E-state index is 11.7. The van der Waals surface area contributed by atoms with Crippen LogP contribution in [0.4, 0.5) is 0 Å². The lowest BCUT2D eigenvalue weighted by Crippen LogP contribution is -2.35. The van der Waals surface area contributed by atoms with Crippen LogP contribution >= 0.6 is 0 Å². The fraction of sp³-hybridized carbons (Fsp3) is 0.364. The van der Waals surface area contributed by atoms with Crippen molar-refractivity contribution in [3.8, 4) is 5.75 Å². The molecule has 3 heteroatoms. The molecule has 0 bridgehead atoms. The number of hydrogen-bond donors (Lipinski definition) is 1. The van der Waals surface area contributed by atoms with Crippen molar-refractivity contribution in [3.63, 3.8) is 0 Å². The molecule has 0 aliphatic heterocycles. The lowest BCUT2D eigenvalue weighted by atomic mass is 9.87. The van der Waals surface area contributed by atoms with Crippen molar-refractivity contribution in [3.05, 3.63) is 29.3 Å². The summed E-state index contributed by atoms with van der Waals surface area (Å²) >= 11 is 0. The summed E-state index contributed by atoms with van der Waals surface area (Å²) in [6.45, 7) is 0. The number of methoxy groups -OCH3 is 1. The minimum atomic E-state index is -0.323. The van der Waals surface area contributed by atoms with Gasteiger partial charge in [0, 0.05) is 5.56 Å². The standard InChI is InChI=1S/C11H13NO2/c1-14-8-3-4-9-7(6-8)2-5-10(12)11(9)13/h3-4,6,10H,2,5,12H2,1H3/t10-/m0/s1. The van der Waals surface area contributed by atoms with Gasteiger partial charge in [0.2, 0.25) is 0 Å². The van der Waals surface area contributed by atoms with Gasteiger partial charge >= 0.3 is 0 Å². The van der Waals surface area contributed by atoms with Gasteiger partial charge in [0.25, 0.3) is 0 Å². The molecule has 1 aromatic carbocycles. The molecule has 0 amide bonds. The topological polar surface area (TPSA) is 52.3 Å². The van der Waals surface area contributed by atoms with Crippen molar-refractivity contribution in [1.82, 2.24) is 0 Å². The number of benzene rings is 1. The maximum Gasteiger partial charge on any atom is 0.179 e. The van der Waals surface area contributed by atoms with Crippen molar-refractivity contribution in [1.29, 1.82) is 0 Å². The van der Waals surface area contributed by atoms with E-state index in [1.165, 1.54) is 0 Å². The van der Waals surface area contributed by atoms with Gasteiger partial charge in [0.05, 0.1) is 13.2 Å². The number of carbonyl (C=O) groups excluding carboxylic acids is 1. The summed E-state index contributed by atoms with van der Waals surface area (Å²) in [6, 6.07) is 5.19. The Morgan fingerprint density at radius 2 is 2.29 bits per heavy atom. The van der Waals surface area contributed by atoms with E-state index in [1.54, 1.807) is 19.2 Å². The molecule has 0 radical (unpaired) electrons. The molecule has 1 aliphatic carbocycles. The summed E-state index contributed by atoms with van der Waals surface area (Å²) in [5, 5.41) is 0. The summed E-state index contributed by atoms with van der Waals surface area (Å²) in [5.74, 6) is 0.848. The predicted octanol–water partition coefficient (Wildman–Crippen LogP) is 1.15. The van der Waals surface area contributed by atoms with E-state index in [0.29, 0.717) is 0 Å².